The highest BCUT2D eigenvalue weighted by atomic mass is 32.2. The van der Waals surface area contributed by atoms with Gasteiger partial charge in [-0.25, -0.2) is 12.8 Å². The lowest BCUT2D eigenvalue weighted by molar-refractivity contribution is 0.0950. The van der Waals surface area contributed by atoms with E-state index in [1.165, 1.54) is 16.6 Å². The number of aryl methyl sites for hydroxylation is 1. The SMILES string of the molecule is CS(=O)(=O)N1CCCc2cc(C(=O)NCc3ccccc3F)ccc21. The average molecular weight is 362 g/mol. The van der Waals surface area contributed by atoms with E-state index in [9.17, 15) is 17.6 Å². The molecular weight excluding hydrogens is 343 g/mol. The average Bonchev–Trinajstić information content (AvgIpc) is 2.59. The Morgan fingerprint density at radius 3 is 2.72 bits per heavy atom. The zero-order chi connectivity index (χ0) is 18.0. The van der Waals surface area contributed by atoms with Gasteiger partial charge in [-0.3, -0.25) is 9.10 Å². The predicted octanol–water partition coefficient (Wildman–Crippen LogP) is 2.47. The van der Waals surface area contributed by atoms with Crippen molar-refractivity contribution in [2.24, 2.45) is 0 Å². The molecule has 2 aromatic rings. The molecule has 0 spiro atoms. The first-order valence-corrected chi connectivity index (χ1v) is 9.83. The maximum absolute atomic E-state index is 13.6. The van der Waals surface area contributed by atoms with Gasteiger partial charge in [0.2, 0.25) is 10.0 Å². The van der Waals surface area contributed by atoms with Gasteiger partial charge in [-0.2, -0.15) is 0 Å². The molecule has 5 nitrogen and oxygen atoms in total. The van der Waals surface area contributed by atoms with Crippen molar-refractivity contribution in [2.75, 3.05) is 17.1 Å². The molecule has 1 amide bonds. The van der Waals surface area contributed by atoms with E-state index in [4.69, 9.17) is 0 Å². The van der Waals surface area contributed by atoms with E-state index in [1.54, 1.807) is 36.4 Å². The molecule has 3 rings (SSSR count). The second kappa shape index (κ2) is 6.84. The summed E-state index contributed by atoms with van der Waals surface area (Å²) >= 11 is 0. The van der Waals surface area contributed by atoms with Crippen LogP contribution in [0.3, 0.4) is 0 Å². The topological polar surface area (TPSA) is 66.5 Å². The fourth-order valence-electron chi connectivity index (χ4n) is 2.97. The number of fused-ring (bicyclic) bond motifs is 1. The molecule has 0 radical (unpaired) electrons. The molecule has 0 saturated heterocycles. The number of amides is 1. The zero-order valence-corrected chi connectivity index (χ0v) is 14.6. The van der Waals surface area contributed by atoms with Crippen LogP contribution in [0.2, 0.25) is 0 Å². The normalized spacial score (nSPS) is 14.1. The van der Waals surface area contributed by atoms with E-state index in [1.807, 2.05) is 0 Å². The molecule has 1 heterocycles. The van der Waals surface area contributed by atoms with E-state index in [2.05, 4.69) is 5.32 Å². The first kappa shape index (κ1) is 17.4. The van der Waals surface area contributed by atoms with Crippen molar-refractivity contribution in [1.82, 2.24) is 5.32 Å². The fourth-order valence-corrected chi connectivity index (χ4v) is 3.96. The van der Waals surface area contributed by atoms with Gasteiger partial charge in [-0.1, -0.05) is 18.2 Å². The smallest absolute Gasteiger partial charge is 0.251 e. The lowest BCUT2D eigenvalue weighted by Crippen LogP contribution is -2.34. The lowest BCUT2D eigenvalue weighted by atomic mass is 10.0. The Hall–Kier alpha value is -2.41. The van der Waals surface area contributed by atoms with Gasteiger partial charge in [-0.15, -0.1) is 0 Å². The number of nitrogens with zero attached hydrogens (tertiary/aromatic N) is 1. The maximum Gasteiger partial charge on any atom is 0.251 e. The highest BCUT2D eigenvalue weighted by Gasteiger charge is 2.24. The van der Waals surface area contributed by atoms with Crippen LogP contribution in [0, 0.1) is 5.82 Å². The fraction of sp³-hybridized carbons (Fsp3) is 0.278. The largest absolute Gasteiger partial charge is 0.348 e. The third-order valence-electron chi connectivity index (χ3n) is 4.22. The predicted molar refractivity (Wildman–Crippen MR) is 94.5 cm³/mol. The van der Waals surface area contributed by atoms with Crippen LogP contribution in [0.4, 0.5) is 10.1 Å². The molecule has 0 aliphatic carbocycles. The van der Waals surface area contributed by atoms with Crippen LogP contribution in [-0.2, 0) is 23.0 Å². The van der Waals surface area contributed by atoms with Gasteiger partial charge in [0.15, 0.2) is 0 Å². The summed E-state index contributed by atoms with van der Waals surface area (Å²) in [5, 5.41) is 2.69. The number of carbonyl (C=O) groups is 1. The number of hydrogen-bond donors (Lipinski definition) is 1. The lowest BCUT2D eigenvalue weighted by Gasteiger charge is -2.29. The Bertz CT molecular complexity index is 912. The third-order valence-corrected chi connectivity index (χ3v) is 5.40. The van der Waals surface area contributed by atoms with Crippen LogP contribution in [0.1, 0.15) is 27.9 Å². The second-order valence-corrected chi connectivity index (χ2v) is 7.96. The Morgan fingerprint density at radius 2 is 2.00 bits per heavy atom. The molecule has 1 aliphatic heterocycles. The minimum Gasteiger partial charge on any atom is -0.348 e. The summed E-state index contributed by atoms with van der Waals surface area (Å²) < 4.78 is 38.7. The Labute approximate surface area is 146 Å². The zero-order valence-electron chi connectivity index (χ0n) is 13.8. The molecule has 0 atom stereocenters. The summed E-state index contributed by atoms with van der Waals surface area (Å²) in [5.74, 6) is -0.681. The number of rotatable bonds is 4. The summed E-state index contributed by atoms with van der Waals surface area (Å²) in [6.07, 6.45) is 2.60. The molecular formula is C18H19FN2O3S. The van der Waals surface area contributed by atoms with Gasteiger partial charge in [-0.05, 0) is 42.7 Å². The molecule has 0 fully saturated rings. The highest BCUT2D eigenvalue weighted by molar-refractivity contribution is 7.92. The van der Waals surface area contributed by atoms with Gasteiger partial charge in [0.05, 0.1) is 11.9 Å². The minimum atomic E-state index is -3.33. The number of carbonyl (C=O) groups excluding carboxylic acids is 1. The second-order valence-electron chi connectivity index (χ2n) is 6.06. The molecule has 1 N–H and O–H groups in total. The highest BCUT2D eigenvalue weighted by Crippen LogP contribution is 2.29. The van der Waals surface area contributed by atoms with Crippen LogP contribution < -0.4 is 9.62 Å². The third kappa shape index (κ3) is 3.82. The van der Waals surface area contributed by atoms with Gasteiger partial charge in [0, 0.05) is 24.2 Å². The summed E-state index contributed by atoms with van der Waals surface area (Å²) in [6, 6.07) is 11.2. The van der Waals surface area contributed by atoms with Crippen LogP contribution in [0.25, 0.3) is 0 Å². The van der Waals surface area contributed by atoms with Crippen LogP contribution in [-0.4, -0.2) is 27.1 Å². The van der Waals surface area contributed by atoms with Crippen LogP contribution in [0.15, 0.2) is 42.5 Å². The Balaban J connectivity index is 1.78. The number of sulfonamides is 1. The van der Waals surface area contributed by atoms with Crippen molar-refractivity contribution in [3.63, 3.8) is 0 Å². The summed E-state index contributed by atoms with van der Waals surface area (Å²) in [5.41, 5.74) is 2.30. The van der Waals surface area contributed by atoms with E-state index < -0.39 is 10.0 Å². The number of nitrogens with one attached hydrogen (secondary N) is 1. The monoisotopic (exact) mass is 362 g/mol. The quantitative estimate of drug-likeness (QED) is 0.909. The number of halogens is 1. The summed E-state index contributed by atoms with van der Waals surface area (Å²) in [7, 11) is -3.33. The molecule has 0 saturated carbocycles. The van der Waals surface area contributed by atoms with Crippen LogP contribution >= 0.6 is 0 Å². The molecule has 0 unspecified atom stereocenters. The number of hydrogen-bond acceptors (Lipinski definition) is 3. The van der Waals surface area contributed by atoms with Crippen molar-refractivity contribution in [2.45, 2.75) is 19.4 Å². The van der Waals surface area contributed by atoms with Crippen molar-refractivity contribution in [1.29, 1.82) is 0 Å². The van der Waals surface area contributed by atoms with Gasteiger partial charge < -0.3 is 5.32 Å². The molecule has 1 aliphatic rings. The minimum absolute atomic E-state index is 0.0953. The number of benzene rings is 2. The van der Waals surface area contributed by atoms with E-state index >= 15 is 0 Å². The first-order valence-electron chi connectivity index (χ1n) is 7.98. The van der Waals surface area contributed by atoms with Crippen molar-refractivity contribution in [3.05, 3.63) is 65.0 Å². The number of anilines is 1. The van der Waals surface area contributed by atoms with E-state index in [0.717, 1.165) is 12.0 Å². The van der Waals surface area contributed by atoms with Crippen molar-refractivity contribution >= 4 is 21.6 Å². The van der Waals surface area contributed by atoms with Gasteiger partial charge >= 0.3 is 0 Å². The van der Waals surface area contributed by atoms with Crippen LogP contribution in [0.5, 0.6) is 0 Å². The van der Waals surface area contributed by atoms with Crippen molar-refractivity contribution in [3.8, 4) is 0 Å². The Kier molecular flexibility index (Phi) is 4.76. The summed E-state index contributed by atoms with van der Waals surface area (Å²) in [4.78, 5) is 12.3. The standard InChI is InChI=1S/C18H19FN2O3S/c1-25(23,24)21-10-4-6-13-11-14(8-9-17(13)21)18(22)20-12-15-5-2-3-7-16(15)19/h2-3,5,7-9,11H,4,6,10,12H2,1H3,(H,20,22). The Morgan fingerprint density at radius 1 is 1.24 bits per heavy atom. The molecule has 2 aromatic carbocycles. The first-order chi connectivity index (χ1) is 11.9. The molecule has 25 heavy (non-hydrogen) atoms. The molecule has 7 heteroatoms. The van der Waals surface area contributed by atoms with Gasteiger partial charge in [0.25, 0.3) is 5.91 Å². The molecule has 0 bridgehead atoms. The van der Waals surface area contributed by atoms with E-state index in [0.29, 0.717) is 29.8 Å². The van der Waals surface area contributed by atoms with Gasteiger partial charge in [0.1, 0.15) is 5.82 Å². The molecule has 132 valence electrons. The van der Waals surface area contributed by atoms with E-state index in [-0.39, 0.29) is 18.3 Å². The molecule has 0 aromatic heterocycles. The van der Waals surface area contributed by atoms with Crippen molar-refractivity contribution < 1.29 is 17.6 Å². The maximum atomic E-state index is 13.6. The summed E-state index contributed by atoms with van der Waals surface area (Å²) in [6.45, 7) is 0.544.